The lowest BCUT2D eigenvalue weighted by Gasteiger charge is -2.38. The maximum absolute atomic E-state index is 9.94. The number of phenols is 1. The van der Waals surface area contributed by atoms with E-state index in [2.05, 4.69) is 28.1 Å². The quantitative estimate of drug-likeness (QED) is 0.860. The molecule has 1 aromatic rings. The van der Waals surface area contributed by atoms with Gasteiger partial charge >= 0.3 is 0 Å². The molecule has 0 fully saturated rings. The summed E-state index contributed by atoms with van der Waals surface area (Å²) in [6.45, 7) is 7.31. The molecule has 20 heavy (non-hydrogen) atoms. The highest BCUT2D eigenvalue weighted by Crippen LogP contribution is 2.41. The van der Waals surface area contributed by atoms with Gasteiger partial charge in [0.05, 0.1) is 27.7 Å². The minimum atomic E-state index is -0.0906. The first-order chi connectivity index (χ1) is 9.11. The van der Waals surface area contributed by atoms with E-state index in [0.29, 0.717) is 5.75 Å². The molecular weight excluding hydrogens is 250 g/mol. The van der Waals surface area contributed by atoms with Crippen LogP contribution in [0.3, 0.4) is 0 Å². The molecule has 0 bridgehead atoms. The van der Waals surface area contributed by atoms with Crippen molar-refractivity contribution in [3.05, 3.63) is 22.8 Å². The van der Waals surface area contributed by atoms with Crippen molar-refractivity contribution in [1.29, 1.82) is 0 Å². The molecule has 0 spiro atoms. The van der Waals surface area contributed by atoms with Gasteiger partial charge < -0.3 is 14.3 Å². The molecule has 1 heterocycles. The Balaban J connectivity index is 2.24. The summed E-state index contributed by atoms with van der Waals surface area (Å²) in [5.41, 5.74) is 3.07. The third kappa shape index (κ3) is 3.09. The van der Waals surface area contributed by atoms with Crippen LogP contribution < -0.4 is 4.74 Å². The number of ether oxygens (including phenoxy) is 1. The molecule has 0 saturated carbocycles. The maximum atomic E-state index is 9.94. The second-order valence-electron chi connectivity index (χ2n) is 7.45. The van der Waals surface area contributed by atoms with Crippen LogP contribution in [0.5, 0.6) is 11.5 Å². The lowest BCUT2D eigenvalue weighted by atomic mass is 9.87. The fraction of sp³-hybridized carbons (Fsp3) is 0.647. The van der Waals surface area contributed by atoms with E-state index < -0.39 is 0 Å². The highest BCUT2D eigenvalue weighted by molar-refractivity contribution is 5.53. The molecule has 0 aromatic heterocycles. The summed E-state index contributed by atoms with van der Waals surface area (Å²) < 4.78 is 7.32. The highest BCUT2D eigenvalue weighted by Gasteiger charge is 2.34. The zero-order chi connectivity index (χ0) is 15.1. The molecule has 3 heteroatoms. The van der Waals surface area contributed by atoms with Gasteiger partial charge in [-0.15, -0.1) is 0 Å². The Kier molecular flexibility index (Phi) is 3.76. The number of phenolic OH excluding ortho intramolecular Hbond substituents is 1. The van der Waals surface area contributed by atoms with Gasteiger partial charge in [-0.25, -0.2) is 0 Å². The zero-order valence-electron chi connectivity index (χ0n) is 13.7. The van der Waals surface area contributed by atoms with Crippen LogP contribution in [0.4, 0.5) is 0 Å². The van der Waals surface area contributed by atoms with Gasteiger partial charge in [0.25, 0.3) is 0 Å². The lowest BCUT2D eigenvalue weighted by Crippen LogP contribution is -2.44. The Bertz CT molecular complexity index is 517. The Morgan fingerprint density at radius 3 is 2.50 bits per heavy atom. The van der Waals surface area contributed by atoms with E-state index >= 15 is 0 Å². The summed E-state index contributed by atoms with van der Waals surface area (Å²) in [6.07, 6.45) is 3.05. The number of fused-ring (bicyclic) bond motifs is 1. The number of aromatic hydroxyl groups is 1. The average molecular weight is 278 g/mol. The predicted octanol–water partition coefficient (Wildman–Crippen LogP) is 3.19. The Labute approximate surface area is 122 Å². The topological polar surface area (TPSA) is 29.5 Å². The van der Waals surface area contributed by atoms with Gasteiger partial charge in [0.1, 0.15) is 17.1 Å². The molecular formula is C17H28NO2+. The van der Waals surface area contributed by atoms with Crippen molar-refractivity contribution in [2.24, 2.45) is 0 Å². The maximum Gasteiger partial charge on any atom is 0.126 e. The van der Waals surface area contributed by atoms with Gasteiger partial charge in [0, 0.05) is 6.42 Å². The number of nitrogens with zero attached hydrogens (tertiary/aromatic N) is 1. The molecule has 1 atom stereocenters. The summed E-state index contributed by atoms with van der Waals surface area (Å²) in [5.74, 6) is 1.38. The summed E-state index contributed by atoms with van der Waals surface area (Å²) in [5, 5.41) is 9.94. The molecule has 3 nitrogen and oxygen atoms in total. The van der Waals surface area contributed by atoms with Crippen molar-refractivity contribution in [3.8, 4) is 11.5 Å². The molecule has 0 radical (unpaired) electrons. The van der Waals surface area contributed by atoms with Crippen LogP contribution in [0.2, 0.25) is 0 Å². The molecule has 1 N–H and O–H groups in total. The van der Waals surface area contributed by atoms with Crippen molar-refractivity contribution < 1.29 is 14.3 Å². The fourth-order valence-electron chi connectivity index (χ4n) is 2.71. The van der Waals surface area contributed by atoms with Crippen molar-refractivity contribution in [2.75, 3.05) is 27.7 Å². The summed E-state index contributed by atoms with van der Waals surface area (Å²) in [7, 11) is 6.65. The number of rotatable bonds is 3. The van der Waals surface area contributed by atoms with Crippen LogP contribution in [0.1, 0.15) is 36.5 Å². The Hall–Kier alpha value is -1.22. The lowest BCUT2D eigenvalue weighted by molar-refractivity contribution is -0.871. The van der Waals surface area contributed by atoms with Crippen LogP contribution in [-0.4, -0.2) is 42.9 Å². The summed E-state index contributed by atoms with van der Waals surface area (Å²) >= 11 is 0. The first-order valence-corrected chi connectivity index (χ1v) is 7.43. The fourth-order valence-corrected chi connectivity index (χ4v) is 2.71. The monoisotopic (exact) mass is 278 g/mol. The molecule has 0 saturated heterocycles. The van der Waals surface area contributed by atoms with Gasteiger partial charge in [-0.3, -0.25) is 0 Å². The van der Waals surface area contributed by atoms with Crippen LogP contribution in [0, 0.1) is 13.8 Å². The molecule has 112 valence electrons. The largest absolute Gasteiger partial charge is 0.508 e. The number of quaternary nitrogens is 1. The minimum absolute atomic E-state index is 0.0906. The highest BCUT2D eigenvalue weighted by atomic mass is 16.5. The molecule has 0 aliphatic carbocycles. The number of hydrogen-bond acceptors (Lipinski definition) is 2. The number of hydrogen-bond donors (Lipinski definition) is 1. The second kappa shape index (κ2) is 4.96. The van der Waals surface area contributed by atoms with E-state index in [9.17, 15) is 5.11 Å². The van der Waals surface area contributed by atoms with E-state index in [1.54, 1.807) is 0 Å². The molecule has 1 aromatic carbocycles. The van der Waals surface area contributed by atoms with Gasteiger partial charge in [0.15, 0.2) is 0 Å². The third-order valence-electron chi connectivity index (χ3n) is 4.47. The van der Waals surface area contributed by atoms with Gasteiger partial charge in [0.2, 0.25) is 0 Å². The van der Waals surface area contributed by atoms with Crippen LogP contribution in [0.15, 0.2) is 6.07 Å². The molecule has 1 unspecified atom stereocenters. The van der Waals surface area contributed by atoms with Crippen molar-refractivity contribution >= 4 is 0 Å². The Morgan fingerprint density at radius 2 is 1.90 bits per heavy atom. The normalized spacial score (nSPS) is 22.3. The average Bonchev–Trinajstić information content (AvgIpc) is 2.35. The van der Waals surface area contributed by atoms with E-state index in [1.165, 1.54) is 0 Å². The van der Waals surface area contributed by atoms with Gasteiger partial charge in [-0.2, -0.15) is 0 Å². The van der Waals surface area contributed by atoms with Crippen LogP contribution in [0.25, 0.3) is 0 Å². The second-order valence-corrected chi connectivity index (χ2v) is 7.45. The van der Waals surface area contributed by atoms with E-state index in [-0.39, 0.29) is 5.60 Å². The molecule has 2 rings (SSSR count). The van der Waals surface area contributed by atoms with Crippen LogP contribution >= 0.6 is 0 Å². The van der Waals surface area contributed by atoms with Gasteiger partial charge in [-0.1, -0.05) is 0 Å². The number of aryl methyl sites for hydroxylation is 1. The van der Waals surface area contributed by atoms with Crippen molar-refractivity contribution in [1.82, 2.24) is 0 Å². The SMILES string of the molecule is Cc1c(O)cc2c(c1C)OC(C)(CC[N+](C)(C)C)CC2. The van der Waals surface area contributed by atoms with E-state index in [1.807, 2.05) is 19.9 Å². The summed E-state index contributed by atoms with van der Waals surface area (Å²) in [4.78, 5) is 0. The number of benzene rings is 1. The summed E-state index contributed by atoms with van der Waals surface area (Å²) in [6, 6.07) is 1.87. The van der Waals surface area contributed by atoms with Crippen molar-refractivity contribution in [3.63, 3.8) is 0 Å². The zero-order valence-corrected chi connectivity index (χ0v) is 13.7. The molecule has 1 aliphatic rings. The standard InChI is InChI=1S/C17H27NO2/c1-12-13(2)16-14(11-15(12)19)7-8-17(3,20-16)9-10-18(4,5)6/h11H,7-10H2,1-6H3/p+1. The van der Waals surface area contributed by atoms with E-state index in [4.69, 9.17) is 4.74 Å². The first kappa shape index (κ1) is 15.2. The van der Waals surface area contributed by atoms with Crippen LogP contribution in [-0.2, 0) is 6.42 Å². The molecule has 1 aliphatic heterocycles. The van der Waals surface area contributed by atoms with Crippen molar-refractivity contribution in [2.45, 2.75) is 45.6 Å². The van der Waals surface area contributed by atoms with Gasteiger partial charge in [-0.05, 0) is 56.4 Å². The smallest absolute Gasteiger partial charge is 0.126 e. The molecule has 0 amide bonds. The predicted molar refractivity (Wildman–Crippen MR) is 82.5 cm³/mol. The van der Waals surface area contributed by atoms with E-state index in [0.717, 1.165) is 52.7 Å². The minimum Gasteiger partial charge on any atom is -0.508 e. The first-order valence-electron chi connectivity index (χ1n) is 7.43. The Morgan fingerprint density at radius 1 is 1.25 bits per heavy atom. The third-order valence-corrected chi connectivity index (χ3v) is 4.47.